The van der Waals surface area contributed by atoms with Crippen LogP contribution < -0.4 is 0 Å². The van der Waals surface area contributed by atoms with E-state index in [-0.39, 0.29) is 24.1 Å². The van der Waals surface area contributed by atoms with Crippen molar-refractivity contribution in [3.63, 3.8) is 0 Å². The van der Waals surface area contributed by atoms with E-state index in [0.29, 0.717) is 43.2 Å². The fourth-order valence-corrected chi connectivity index (χ4v) is 4.16. The minimum atomic E-state index is -3.42. The fourth-order valence-electron chi connectivity index (χ4n) is 3.19. The molecule has 0 aromatic carbocycles. The van der Waals surface area contributed by atoms with Gasteiger partial charge < -0.3 is 19.1 Å². The van der Waals surface area contributed by atoms with E-state index in [1.165, 1.54) is 12.5 Å². The lowest BCUT2D eigenvalue weighted by Gasteiger charge is -2.35. The first-order valence-electron chi connectivity index (χ1n) is 8.53. The number of sulfonamides is 1. The van der Waals surface area contributed by atoms with Gasteiger partial charge in [-0.2, -0.15) is 0 Å². The van der Waals surface area contributed by atoms with Gasteiger partial charge in [0.25, 0.3) is 21.8 Å². The maximum atomic E-state index is 12.8. The van der Waals surface area contributed by atoms with Crippen LogP contribution in [0, 0.1) is 0 Å². The van der Waals surface area contributed by atoms with Crippen molar-refractivity contribution in [2.75, 3.05) is 38.5 Å². The Labute approximate surface area is 156 Å². The largest absolute Gasteiger partial charge is 0.472 e. The van der Waals surface area contributed by atoms with Crippen LogP contribution in [0.2, 0.25) is 0 Å². The lowest BCUT2D eigenvalue weighted by atomic mass is 10.1. The van der Waals surface area contributed by atoms with Gasteiger partial charge in [0.1, 0.15) is 12.1 Å². The molecule has 3 aliphatic rings. The van der Waals surface area contributed by atoms with Crippen molar-refractivity contribution in [1.29, 1.82) is 0 Å². The molecule has 0 N–H and O–H groups in total. The van der Waals surface area contributed by atoms with Crippen LogP contribution in [0.4, 0.5) is 0 Å². The van der Waals surface area contributed by atoms with E-state index < -0.39 is 10.0 Å². The normalized spacial score (nSPS) is 21.4. The van der Waals surface area contributed by atoms with Crippen molar-refractivity contribution < 1.29 is 22.4 Å². The number of hydrogen-bond donors (Lipinski definition) is 0. The first-order valence-corrected chi connectivity index (χ1v) is 10.1. The molecule has 27 heavy (non-hydrogen) atoms. The van der Waals surface area contributed by atoms with Crippen LogP contribution in [0.1, 0.15) is 10.4 Å². The van der Waals surface area contributed by atoms with Gasteiger partial charge in [-0.1, -0.05) is 0 Å². The molecular weight excluding hydrogens is 372 g/mol. The van der Waals surface area contributed by atoms with Crippen LogP contribution in [-0.4, -0.2) is 79.2 Å². The number of furan rings is 1. The summed E-state index contributed by atoms with van der Waals surface area (Å²) in [4.78, 5) is 30.1. The lowest BCUT2D eigenvalue weighted by molar-refractivity contribution is -0.128. The lowest BCUT2D eigenvalue weighted by Crippen LogP contribution is -2.51. The number of carbonyl (C=O) groups excluding carboxylic acids is 2. The Morgan fingerprint density at radius 3 is 2.37 bits per heavy atom. The summed E-state index contributed by atoms with van der Waals surface area (Å²) in [5, 5.41) is 0. The summed E-state index contributed by atoms with van der Waals surface area (Å²) in [5.41, 5.74) is 0.974. The molecule has 0 bridgehead atoms. The smallest absolute Gasteiger partial charge is 0.257 e. The number of hydrogen-bond acceptors (Lipinski definition) is 6. The summed E-state index contributed by atoms with van der Waals surface area (Å²) in [5.74, 6) is 0.00220. The highest BCUT2D eigenvalue weighted by Gasteiger charge is 2.29. The monoisotopic (exact) mass is 390 g/mol. The van der Waals surface area contributed by atoms with Gasteiger partial charge in [-0.3, -0.25) is 9.59 Å². The van der Waals surface area contributed by atoms with E-state index >= 15 is 0 Å². The van der Waals surface area contributed by atoms with E-state index in [2.05, 4.69) is 4.40 Å². The highest BCUT2D eigenvalue weighted by Crippen LogP contribution is 2.18. The number of nitrogens with zero attached hydrogens (tertiary/aromatic N) is 4. The molecular formula is C17H18N4O5S. The van der Waals surface area contributed by atoms with Gasteiger partial charge in [0.05, 0.1) is 23.2 Å². The molecule has 2 amide bonds. The minimum Gasteiger partial charge on any atom is -0.472 e. The van der Waals surface area contributed by atoms with Crippen LogP contribution >= 0.6 is 0 Å². The Bertz CT molecular complexity index is 953. The van der Waals surface area contributed by atoms with Crippen molar-refractivity contribution in [3.8, 4) is 0 Å². The number of amides is 2. The average Bonchev–Trinajstić information content (AvgIpc) is 3.21. The fraction of sp³-hybridized carbons (Fsp3) is 0.353. The van der Waals surface area contributed by atoms with Crippen molar-refractivity contribution >= 4 is 27.7 Å². The third-order valence-electron chi connectivity index (χ3n) is 4.69. The maximum absolute atomic E-state index is 12.8. The molecule has 9 nitrogen and oxygen atoms in total. The van der Waals surface area contributed by atoms with E-state index in [1.807, 2.05) is 0 Å². The quantitative estimate of drug-likeness (QED) is 0.708. The Balaban J connectivity index is 1.40. The first kappa shape index (κ1) is 17.5. The van der Waals surface area contributed by atoms with Crippen LogP contribution in [0.3, 0.4) is 0 Å². The van der Waals surface area contributed by atoms with Gasteiger partial charge in [0, 0.05) is 38.9 Å². The zero-order valence-corrected chi connectivity index (χ0v) is 15.3. The summed E-state index contributed by atoms with van der Waals surface area (Å²) in [6.07, 6.45) is 7.64. The van der Waals surface area contributed by atoms with Gasteiger partial charge in [0.15, 0.2) is 0 Å². The topological polar surface area (TPSA) is 103 Å². The Kier molecular flexibility index (Phi) is 4.34. The Hall–Kier alpha value is -2.88. The van der Waals surface area contributed by atoms with Gasteiger partial charge in [-0.25, -0.2) is 8.42 Å². The zero-order valence-electron chi connectivity index (χ0n) is 14.4. The molecule has 0 atom stereocenters. The van der Waals surface area contributed by atoms with Crippen molar-refractivity contribution in [3.05, 3.63) is 48.1 Å². The number of fused-ring (bicyclic) bond motifs is 1. The number of piperazine rings is 1. The molecule has 4 rings (SSSR count). The second kappa shape index (κ2) is 6.69. The van der Waals surface area contributed by atoms with Crippen LogP contribution in [0.5, 0.6) is 0 Å². The predicted molar refractivity (Wildman–Crippen MR) is 96.3 cm³/mol. The first-order chi connectivity index (χ1) is 12.9. The third-order valence-corrected chi connectivity index (χ3v) is 5.86. The van der Waals surface area contributed by atoms with Gasteiger partial charge in [-0.05, 0) is 18.2 Å². The Morgan fingerprint density at radius 1 is 1.00 bits per heavy atom. The Morgan fingerprint density at radius 2 is 1.70 bits per heavy atom. The van der Waals surface area contributed by atoms with E-state index in [4.69, 9.17) is 4.42 Å². The minimum absolute atomic E-state index is 0.0723. The summed E-state index contributed by atoms with van der Waals surface area (Å²) in [7, 11) is -3.42. The average molecular weight is 390 g/mol. The van der Waals surface area contributed by atoms with Crippen molar-refractivity contribution in [2.45, 2.75) is 0 Å². The summed E-state index contributed by atoms with van der Waals surface area (Å²) in [6, 6.07) is 1.62. The summed E-state index contributed by atoms with van der Waals surface area (Å²) in [6.45, 7) is 2.03. The van der Waals surface area contributed by atoms with Crippen LogP contribution in [0.15, 0.2) is 51.3 Å². The van der Waals surface area contributed by atoms with Crippen molar-refractivity contribution in [2.24, 2.45) is 4.40 Å². The molecule has 4 heterocycles. The van der Waals surface area contributed by atoms with Crippen LogP contribution in [0.25, 0.3) is 0 Å². The molecule has 1 saturated heterocycles. The summed E-state index contributed by atoms with van der Waals surface area (Å²) >= 11 is 0. The molecule has 1 aromatic rings. The van der Waals surface area contributed by atoms with E-state index in [0.717, 1.165) is 0 Å². The van der Waals surface area contributed by atoms with Crippen LogP contribution in [-0.2, 0) is 14.8 Å². The predicted octanol–water partition coefficient (Wildman–Crippen LogP) is 0.0616. The van der Waals surface area contributed by atoms with Gasteiger partial charge >= 0.3 is 0 Å². The second-order valence-corrected chi connectivity index (χ2v) is 8.20. The van der Waals surface area contributed by atoms with Gasteiger partial charge in [0.2, 0.25) is 0 Å². The number of carbonyl (C=O) groups is 2. The van der Waals surface area contributed by atoms with Gasteiger partial charge in [-0.15, -0.1) is 4.40 Å². The molecule has 142 valence electrons. The highest BCUT2D eigenvalue weighted by molar-refractivity contribution is 7.90. The maximum Gasteiger partial charge on any atom is 0.257 e. The van der Waals surface area contributed by atoms with E-state index in [1.54, 1.807) is 39.1 Å². The van der Waals surface area contributed by atoms with Crippen molar-refractivity contribution in [1.82, 2.24) is 14.7 Å². The number of amidine groups is 1. The SMILES string of the molecule is O=C(C1=CN2CCS(=O)(=O)N=C2C=C1)N1CCN(C(=O)c2ccoc2)CC1. The highest BCUT2D eigenvalue weighted by atomic mass is 32.2. The van der Waals surface area contributed by atoms with E-state index in [9.17, 15) is 18.0 Å². The molecule has 10 heteroatoms. The molecule has 0 unspecified atom stereocenters. The summed E-state index contributed by atoms with van der Waals surface area (Å²) < 4.78 is 31.8. The number of rotatable bonds is 2. The molecule has 0 radical (unpaired) electrons. The second-order valence-electron chi connectivity index (χ2n) is 6.44. The molecule has 1 fully saturated rings. The molecule has 3 aliphatic heterocycles. The standard InChI is InChI=1S/C17H18N4O5S/c22-16(13-1-2-15-18-27(24,25)10-8-21(15)11-13)19-4-6-20(7-5-19)17(23)14-3-9-26-12-14/h1-3,9,11-12H,4-8,10H2. The molecule has 1 aromatic heterocycles. The third kappa shape index (κ3) is 3.52. The zero-order chi connectivity index (χ0) is 19.0. The molecule has 0 saturated carbocycles. The molecule has 0 aliphatic carbocycles. The molecule has 0 spiro atoms.